The van der Waals surface area contributed by atoms with Crippen LogP contribution in [0.3, 0.4) is 0 Å². The molecule has 9 nitrogen and oxygen atoms in total. The maximum atomic E-state index is 14.6. The van der Waals surface area contributed by atoms with Crippen LogP contribution in [0.4, 0.5) is 11.4 Å². The lowest BCUT2D eigenvalue weighted by molar-refractivity contribution is -0.385. The Kier molecular flexibility index (Phi) is 6.95. The normalized spacial score (nSPS) is 13.9. The van der Waals surface area contributed by atoms with Gasteiger partial charge in [0, 0.05) is 28.4 Å². The van der Waals surface area contributed by atoms with Gasteiger partial charge in [-0.05, 0) is 25.3 Å². The number of ether oxygens (including phenoxy) is 2. The SMILES string of the molecule is COc1cc(NC(=O)COC(=O)C2(P(=O)(c3ccccc3)c3ccccc3)CC2)c(C)cc1[N+](=O)[O-]. The molecule has 1 aliphatic rings. The van der Waals surface area contributed by atoms with Crippen molar-refractivity contribution in [3.63, 3.8) is 0 Å². The Morgan fingerprint density at radius 2 is 1.58 bits per heavy atom. The van der Waals surface area contributed by atoms with Crippen molar-refractivity contribution in [1.29, 1.82) is 0 Å². The zero-order valence-corrected chi connectivity index (χ0v) is 20.7. The summed E-state index contributed by atoms with van der Waals surface area (Å²) in [5.74, 6) is -1.33. The standard InChI is InChI=1S/C26H25N2O7P/c1-18-15-22(28(31)32)23(34-2)16-21(18)27-24(29)17-35-25(30)26(13-14-26)36(33,19-9-5-3-6-10-19)20-11-7-4-8-12-20/h3-12,15-16H,13-14,17H2,1-2H3,(H,27,29). The summed E-state index contributed by atoms with van der Waals surface area (Å²) in [7, 11) is -2.13. The summed E-state index contributed by atoms with van der Waals surface area (Å²) >= 11 is 0. The van der Waals surface area contributed by atoms with Gasteiger partial charge in [0.1, 0.15) is 5.16 Å². The van der Waals surface area contributed by atoms with E-state index < -0.39 is 35.7 Å². The number of hydrogen-bond donors (Lipinski definition) is 1. The summed E-state index contributed by atoms with van der Waals surface area (Å²) in [6.07, 6.45) is 0.764. The van der Waals surface area contributed by atoms with Gasteiger partial charge in [0.05, 0.1) is 12.0 Å². The molecule has 0 atom stereocenters. The van der Waals surface area contributed by atoms with Crippen molar-refractivity contribution in [3.05, 3.63) is 88.5 Å². The fourth-order valence-electron chi connectivity index (χ4n) is 4.25. The number of aryl methyl sites for hydroxylation is 1. The Morgan fingerprint density at radius 3 is 2.06 bits per heavy atom. The van der Waals surface area contributed by atoms with Gasteiger partial charge < -0.3 is 19.4 Å². The van der Waals surface area contributed by atoms with E-state index in [0.29, 0.717) is 34.7 Å². The molecule has 0 radical (unpaired) electrons. The molecule has 10 heteroatoms. The molecule has 0 aromatic heterocycles. The predicted octanol–water partition coefficient (Wildman–Crippen LogP) is 3.94. The van der Waals surface area contributed by atoms with Crippen LogP contribution >= 0.6 is 7.14 Å². The van der Waals surface area contributed by atoms with Gasteiger partial charge in [-0.25, -0.2) is 0 Å². The molecular formula is C26H25N2O7P. The van der Waals surface area contributed by atoms with Gasteiger partial charge in [-0.15, -0.1) is 0 Å². The number of carbonyl (C=O) groups is 2. The lowest BCUT2D eigenvalue weighted by Gasteiger charge is -2.27. The Balaban J connectivity index is 1.53. The van der Waals surface area contributed by atoms with E-state index in [1.54, 1.807) is 55.5 Å². The monoisotopic (exact) mass is 508 g/mol. The summed E-state index contributed by atoms with van der Waals surface area (Å²) in [6, 6.07) is 20.4. The quantitative estimate of drug-likeness (QED) is 0.201. The van der Waals surface area contributed by atoms with Crippen LogP contribution in [0.5, 0.6) is 5.75 Å². The van der Waals surface area contributed by atoms with E-state index in [4.69, 9.17) is 9.47 Å². The number of methoxy groups -OCH3 is 1. The Hall–Kier alpha value is -3.97. The van der Waals surface area contributed by atoms with Crippen LogP contribution < -0.4 is 20.7 Å². The second-order valence-corrected chi connectivity index (χ2v) is 11.6. The number of esters is 1. The third-order valence-electron chi connectivity index (χ3n) is 6.28. The molecule has 0 unspecified atom stereocenters. The molecule has 36 heavy (non-hydrogen) atoms. The minimum Gasteiger partial charge on any atom is -0.490 e. The average molecular weight is 508 g/mol. The second-order valence-electron chi connectivity index (χ2n) is 8.53. The summed E-state index contributed by atoms with van der Waals surface area (Å²) in [6.45, 7) is 1.01. The summed E-state index contributed by atoms with van der Waals surface area (Å²) in [5.41, 5.74) is 0.505. The number of anilines is 1. The van der Waals surface area contributed by atoms with Gasteiger partial charge in [-0.1, -0.05) is 60.7 Å². The number of nitrogens with zero attached hydrogens (tertiary/aromatic N) is 1. The number of rotatable bonds is 9. The van der Waals surface area contributed by atoms with Crippen molar-refractivity contribution < 1.29 is 28.6 Å². The van der Waals surface area contributed by atoms with E-state index in [0.717, 1.165) is 0 Å². The van der Waals surface area contributed by atoms with Gasteiger partial charge in [0.15, 0.2) is 19.5 Å². The number of benzene rings is 3. The number of nitro benzene ring substituents is 1. The zero-order chi connectivity index (χ0) is 25.9. The fourth-order valence-corrected chi connectivity index (χ4v) is 7.78. The highest BCUT2D eigenvalue weighted by Gasteiger charge is 2.65. The predicted molar refractivity (Wildman–Crippen MR) is 136 cm³/mol. The highest BCUT2D eigenvalue weighted by molar-refractivity contribution is 7.81. The van der Waals surface area contributed by atoms with Gasteiger partial charge in [0.25, 0.3) is 5.91 Å². The van der Waals surface area contributed by atoms with Crippen LogP contribution in [0.25, 0.3) is 0 Å². The molecule has 3 aromatic rings. The smallest absolute Gasteiger partial charge is 0.320 e. The third kappa shape index (κ3) is 4.50. The molecule has 0 bridgehead atoms. The number of amides is 1. The lowest BCUT2D eigenvalue weighted by atomic mass is 10.1. The lowest BCUT2D eigenvalue weighted by Crippen LogP contribution is -2.36. The second kappa shape index (κ2) is 9.95. The molecule has 0 heterocycles. The van der Waals surface area contributed by atoms with Gasteiger partial charge in [-0.2, -0.15) is 0 Å². The highest BCUT2D eigenvalue weighted by atomic mass is 31.2. The molecule has 4 rings (SSSR count). The van der Waals surface area contributed by atoms with E-state index in [9.17, 15) is 24.3 Å². The van der Waals surface area contributed by atoms with Gasteiger partial charge >= 0.3 is 11.7 Å². The Morgan fingerprint density at radius 1 is 1.03 bits per heavy atom. The molecule has 1 amide bonds. The van der Waals surface area contributed by atoms with Crippen molar-refractivity contribution in [2.45, 2.75) is 24.9 Å². The zero-order valence-electron chi connectivity index (χ0n) is 19.8. The minimum atomic E-state index is -3.42. The van der Waals surface area contributed by atoms with E-state index >= 15 is 0 Å². The van der Waals surface area contributed by atoms with Crippen molar-refractivity contribution in [2.24, 2.45) is 0 Å². The molecule has 0 saturated heterocycles. The first-order chi connectivity index (χ1) is 17.2. The Bertz CT molecular complexity index is 1310. The fraction of sp³-hybridized carbons (Fsp3) is 0.231. The molecule has 1 aliphatic carbocycles. The molecule has 1 N–H and O–H groups in total. The molecule has 0 aliphatic heterocycles. The largest absolute Gasteiger partial charge is 0.490 e. The van der Waals surface area contributed by atoms with Crippen LogP contribution in [0.1, 0.15) is 18.4 Å². The van der Waals surface area contributed by atoms with E-state index in [1.165, 1.54) is 19.2 Å². The molecular weight excluding hydrogens is 483 g/mol. The van der Waals surface area contributed by atoms with E-state index in [-0.39, 0.29) is 11.4 Å². The molecule has 1 fully saturated rings. The number of nitrogens with one attached hydrogen (secondary N) is 1. The molecule has 1 saturated carbocycles. The first-order valence-corrected chi connectivity index (χ1v) is 12.9. The topological polar surface area (TPSA) is 125 Å². The first kappa shape index (κ1) is 25.1. The van der Waals surface area contributed by atoms with E-state index in [2.05, 4.69) is 5.32 Å². The summed E-state index contributed by atoms with van der Waals surface area (Å²) < 4.78 is 25.0. The Labute approximate surface area is 208 Å². The third-order valence-corrected chi connectivity index (χ3v) is 10.2. The average Bonchev–Trinajstić information content (AvgIpc) is 3.71. The summed E-state index contributed by atoms with van der Waals surface area (Å²) in [4.78, 5) is 36.5. The van der Waals surface area contributed by atoms with Crippen LogP contribution in [0.15, 0.2) is 72.8 Å². The van der Waals surface area contributed by atoms with Crippen molar-refractivity contribution >= 4 is 41.0 Å². The highest BCUT2D eigenvalue weighted by Crippen LogP contribution is 2.68. The van der Waals surface area contributed by atoms with Crippen LogP contribution in [0.2, 0.25) is 0 Å². The maximum absolute atomic E-state index is 14.6. The number of hydrogen-bond acceptors (Lipinski definition) is 7. The first-order valence-electron chi connectivity index (χ1n) is 11.2. The van der Waals surface area contributed by atoms with Crippen LogP contribution in [0, 0.1) is 17.0 Å². The van der Waals surface area contributed by atoms with Crippen LogP contribution in [-0.4, -0.2) is 35.7 Å². The number of carbonyl (C=O) groups excluding carboxylic acids is 2. The van der Waals surface area contributed by atoms with Gasteiger partial charge in [0.2, 0.25) is 0 Å². The van der Waals surface area contributed by atoms with Crippen molar-refractivity contribution in [3.8, 4) is 5.75 Å². The summed E-state index contributed by atoms with van der Waals surface area (Å²) in [5, 5.41) is 13.7. The number of nitro groups is 1. The van der Waals surface area contributed by atoms with Crippen LogP contribution in [-0.2, 0) is 18.9 Å². The van der Waals surface area contributed by atoms with E-state index in [1.807, 2.05) is 12.1 Å². The van der Waals surface area contributed by atoms with Crippen molar-refractivity contribution in [2.75, 3.05) is 19.0 Å². The molecule has 186 valence electrons. The van der Waals surface area contributed by atoms with Crippen molar-refractivity contribution in [1.82, 2.24) is 0 Å². The molecule has 0 spiro atoms. The molecule has 3 aromatic carbocycles. The maximum Gasteiger partial charge on any atom is 0.320 e. The minimum absolute atomic E-state index is 0.0125. The van der Waals surface area contributed by atoms with Gasteiger partial charge in [-0.3, -0.25) is 19.7 Å².